The van der Waals surface area contributed by atoms with Crippen LogP contribution in [0.3, 0.4) is 0 Å². The standard InChI is InChI=1S/C16H29NO2/c1-3-4-5-6-7-11(2)19-16(18)14-12-8-9-13(10-12)15(14)17/h11-15H,3-10,17H2,1-2H3. The highest BCUT2D eigenvalue weighted by Gasteiger charge is 2.50. The van der Waals surface area contributed by atoms with Crippen LogP contribution in [0.2, 0.25) is 0 Å². The number of hydrogen-bond acceptors (Lipinski definition) is 3. The predicted molar refractivity (Wildman–Crippen MR) is 76.6 cm³/mol. The van der Waals surface area contributed by atoms with Crippen molar-refractivity contribution in [3.63, 3.8) is 0 Å². The Bertz CT molecular complexity index is 303. The third-order valence-electron chi connectivity index (χ3n) is 5.03. The first kappa shape index (κ1) is 14.8. The quantitative estimate of drug-likeness (QED) is 0.569. The molecule has 0 heterocycles. The zero-order valence-corrected chi connectivity index (χ0v) is 12.4. The van der Waals surface area contributed by atoms with E-state index in [-0.39, 0.29) is 24.0 Å². The maximum Gasteiger partial charge on any atom is 0.311 e. The largest absolute Gasteiger partial charge is 0.462 e. The van der Waals surface area contributed by atoms with E-state index in [0.29, 0.717) is 11.8 Å². The summed E-state index contributed by atoms with van der Waals surface area (Å²) in [5, 5.41) is 0. The lowest BCUT2D eigenvalue weighted by Gasteiger charge is -2.27. The lowest BCUT2D eigenvalue weighted by Crippen LogP contribution is -2.41. The molecule has 0 aliphatic heterocycles. The monoisotopic (exact) mass is 267 g/mol. The summed E-state index contributed by atoms with van der Waals surface area (Å²) in [5.41, 5.74) is 6.18. The average molecular weight is 267 g/mol. The Balaban J connectivity index is 1.72. The molecule has 2 fully saturated rings. The minimum Gasteiger partial charge on any atom is -0.462 e. The number of carbonyl (C=O) groups is 1. The SMILES string of the molecule is CCCCCCC(C)OC(=O)C1C2CCC(C2)C1N. The van der Waals surface area contributed by atoms with Gasteiger partial charge in [-0.05, 0) is 50.9 Å². The van der Waals surface area contributed by atoms with Crippen LogP contribution >= 0.6 is 0 Å². The van der Waals surface area contributed by atoms with Gasteiger partial charge in [-0.15, -0.1) is 0 Å². The number of nitrogens with two attached hydrogens (primary N) is 1. The van der Waals surface area contributed by atoms with E-state index in [1.54, 1.807) is 0 Å². The van der Waals surface area contributed by atoms with E-state index >= 15 is 0 Å². The molecule has 3 nitrogen and oxygen atoms in total. The van der Waals surface area contributed by atoms with Gasteiger partial charge >= 0.3 is 5.97 Å². The van der Waals surface area contributed by atoms with Crippen LogP contribution in [0.5, 0.6) is 0 Å². The fourth-order valence-electron chi connectivity index (χ4n) is 3.88. The van der Waals surface area contributed by atoms with Crippen LogP contribution in [0.15, 0.2) is 0 Å². The Morgan fingerprint density at radius 3 is 2.63 bits per heavy atom. The minimum atomic E-state index is -0.0253. The Morgan fingerprint density at radius 1 is 1.26 bits per heavy atom. The van der Waals surface area contributed by atoms with Gasteiger partial charge in [-0.25, -0.2) is 0 Å². The van der Waals surface area contributed by atoms with E-state index in [4.69, 9.17) is 10.5 Å². The third-order valence-corrected chi connectivity index (χ3v) is 5.03. The van der Waals surface area contributed by atoms with Crippen molar-refractivity contribution in [2.45, 2.75) is 77.4 Å². The first-order valence-electron chi connectivity index (χ1n) is 8.09. The number of esters is 1. The van der Waals surface area contributed by atoms with Gasteiger partial charge in [0.15, 0.2) is 0 Å². The summed E-state index contributed by atoms with van der Waals surface area (Å²) in [6, 6.07) is 0.0542. The van der Waals surface area contributed by atoms with Crippen molar-refractivity contribution in [3.05, 3.63) is 0 Å². The molecule has 2 aliphatic carbocycles. The van der Waals surface area contributed by atoms with Crippen LogP contribution in [-0.4, -0.2) is 18.1 Å². The molecule has 3 heteroatoms. The Labute approximate surface area is 117 Å². The second-order valence-electron chi connectivity index (χ2n) is 6.53. The molecule has 0 aromatic heterocycles. The van der Waals surface area contributed by atoms with Gasteiger partial charge in [-0.1, -0.05) is 26.2 Å². The summed E-state index contributed by atoms with van der Waals surface area (Å²) in [4.78, 5) is 12.2. The predicted octanol–water partition coefficient (Wildman–Crippen LogP) is 3.26. The van der Waals surface area contributed by atoms with Crippen LogP contribution in [0.1, 0.15) is 65.2 Å². The topological polar surface area (TPSA) is 52.3 Å². The molecular formula is C16H29NO2. The molecule has 2 aliphatic rings. The second kappa shape index (κ2) is 6.74. The first-order chi connectivity index (χ1) is 9.13. The van der Waals surface area contributed by atoms with Gasteiger partial charge < -0.3 is 10.5 Å². The highest BCUT2D eigenvalue weighted by atomic mass is 16.5. The molecule has 0 saturated heterocycles. The maximum atomic E-state index is 12.2. The van der Waals surface area contributed by atoms with Crippen LogP contribution in [0.25, 0.3) is 0 Å². The molecule has 5 unspecified atom stereocenters. The molecular weight excluding hydrogens is 238 g/mol. The molecule has 0 spiro atoms. The third kappa shape index (κ3) is 3.50. The smallest absolute Gasteiger partial charge is 0.311 e. The van der Waals surface area contributed by atoms with Crippen LogP contribution in [0, 0.1) is 17.8 Å². The number of ether oxygens (including phenoxy) is 1. The van der Waals surface area contributed by atoms with E-state index in [2.05, 4.69) is 6.92 Å². The summed E-state index contributed by atoms with van der Waals surface area (Å²) in [6.45, 7) is 4.22. The first-order valence-corrected chi connectivity index (χ1v) is 8.09. The average Bonchev–Trinajstić information content (AvgIpc) is 2.95. The van der Waals surface area contributed by atoms with Crippen molar-refractivity contribution in [2.24, 2.45) is 23.5 Å². The maximum absolute atomic E-state index is 12.2. The van der Waals surface area contributed by atoms with Gasteiger partial charge in [0.05, 0.1) is 12.0 Å². The number of rotatable bonds is 7. The molecule has 0 amide bonds. The summed E-state index contributed by atoms with van der Waals surface area (Å²) in [7, 11) is 0. The molecule has 2 N–H and O–H groups in total. The van der Waals surface area contributed by atoms with Crippen molar-refractivity contribution in [2.75, 3.05) is 0 Å². The van der Waals surface area contributed by atoms with Crippen molar-refractivity contribution in [1.29, 1.82) is 0 Å². The summed E-state index contributed by atoms with van der Waals surface area (Å²) >= 11 is 0. The van der Waals surface area contributed by atoms with Crippen molar-refractivity contribution in [3.8, 4) is 0 Å². The number of unbranched alkanes of at least 4 members (excludes halogenated alkanes) is 3. The molecule has 0 radical (unpaired) electrons. The zero-order valence-electron chi connectivity index (χ0n) is 12.4. The molecule has 19 heavy (non-hydrogen) atoms. The number of fused-ring (bicyclic) bond motifs is 2. The van der Waals surface area contributed by atoms with Crippen LogP contribution < -0.4 is 5.73 Å². The van der Waals surface area contributed by atoms with Gasteiger partial charge in [0.25, 0.3) is 0 Å². The number of hydrogen-bond donors (Lipinski definition) is 1. The van der Waals surface area contributed by atoms with Crippen molar-refractivity contribution >= 4 is 5.97 Å². The van der Waals surface area contributed by atoms with Crippen molar-refractivity contribution < 1.29 is 9.53 Å². The Morgan fingerprint density at radius 2 is 2.00 bits per heavy atom. The van der Waals surface area contributed by atoms with Gasteiger partial charge in [0.2, 0.25) is 0 Å². The fourth-order valence-corrected chi connectivity index (χ4v) is 3.88. The Kier molecular flexibility index (Phi) is 5.26. The lowest BCUT2D eigenvalue weighted by molar-refractivity contribution is -0.156. The molecule has 2 saturated carbocycles. The highest BCUT2D eigenvalue weighted by Crippen LogP contribution is 2.48. The van der Waals surface area contributed by atoms with Gasteiger partial charge in [-0.2, -0.15) is 0 Å². The molecule has 2 bridgehead atoms. The Hall–Kier alpha value is -0.570. The zero-order chi connectivity index (χ0) is 13.8. The summed E-state index contributed by atoms with van der Waals surface area (Å²) in [6.07, 6.45) is 9.48. The van der Waals surface area contributed by atoms with E-state index in [9.17, 15) is 4.79 Å². The van der Waals surface area contributed by atoms with E-state index < -0.39 is 0 Å². The molecule has 2 rings (SSSR count). The minimum absolute atomic E-state index is 0.0168. The highest BCUT2D eigenvalue weighted by molar-refractivity contribution is 5.74. The normalized spacial score (nSPS) is 34.5. The van der Waals surface area contributed by atoms with Crippen molar-refractivity contribution in [1.82, 2.24) is 0 Å². The number of carbonyl (C=O) groups excluding carboxylic acids is 1. The van der Waals surface area contributed by atoms with E-state index in [1.165, 1.54) is 32.1 Å². The summed E-state index contributed by atoms with van der Waals surface area (Å²) < 4.78 is 5.62. The fraction of sp³-hybridized carbons (Fsp3) is 0.938. The molecule has 0 aromatic carbocycles. The molecule has 0 aromatic rings. The molecule has 110 valence electrons. The summed E-state index contributed by atoms with van der Waals surface area (Å²) in [5.74, 6) is 1.03. The van der Waals surface area contributed by atoms with Gasteiger partial charge in [0.1, 0.15) is 0 Å². The second-order valence-corrected chi connectivity index (χ2v) is 6.53. The van der Waals surface area contributed by atoms with Gasteiger partial charge in [0, 0.05) is 6.04 Å². The van der Waals surface area contributed by atoms with E-state index in [1.807, 2.05) is 6.92 Å². The lowest BCUT2D eigenvalue weighted by atomic mass is 9.85. The van der Waals surface area contributed by atoms with Crippen LogP contribution in [0.4, 0.5) is 0 Å². The van der Waals surface area contributed by atoms with Gasteiger partial charge in [-0.3, -0.25) is 4.79 Å². The van der Waals surface area contributed by atoms with Crippen LogP contribution in [-0.2, 0) is 9.53 Å². The van der Waals surface area contributed by atoms with E-state index in [0.717, 1.165) is 19.3 Å². The molecule has 5 atom stereocenters.